The zero-order valence-electron chi connectivity index (χ0n) is 10.2. The lowest BCUT2D eigenvalue weighted by molar-refractivity contribution is -0.119. The molecule has 4 nitrogen and oxygen atoms in total. The number of rotatable bonds is 5. The number of carbonyl (C=O) groups excluding carboxylic acids is 1. The average molecular weight is 330 g/mol. The third kappa shape index (κ3) is 3.68. The Morgan fingerprint density at radius 2 is 2.00 bits per heavy atom. The van der Waals surface area contributed by atoms with Gasteiger partial charge in [-0.15, -0.1) is 0 Å². The number of nitrogens with two attached hydrogens (primary N) is 2. The predicted molar refractivity (Wildman–Crippen MR) is 81.5 cm³/mol. The van der Waals surface area contributed by atoms with Crippen LogP contribution in [0.4, 0.5) is 5.69 Å². The fourth-order valence-electron chi connectivity index (χ4n) is 1.58. The quantitative estimate of drug-likeness (QED) is 0.722. The number of carbonyl (C=O) groups is 1. The Bertz CT molecular complexity index is 476. The number of hydrogen-bond acceptors (Lipinski definition) is 3. The monoisotopic (exact) mass is 329 g/mol. The van der Waals surface area contributed by atoms with Crippen molar-refractivity contribution < 1.29 is 4.79 Å². The summed E-state index contributed by atoms with van der Waals surface area (Å²) in [5.41, 5.74) is 12.4. The summed E-state index contributed by atoms with van der Waals surface area (Å²) in [5.74, 6) is -0.327. The summed E-state index contributed by atoms with van der Waals surface area (Å²) in [5, 5.41) is 3.09. The average Bonchev–Trinajstić information content (AvgIpc) is 2.25. The molecule has 1 amide bonds. The van der Waals surface area contributed by atoms with Crippen LogP contribution in [-0.2, 0) is 4.79 Å². The van der Waals surface area contributed by atoms with E-state index in [0.717, 1.165) is 4.47 Å². The van der Waals surface area contributed by atoms with Crippen molar-refractivity contribution in [2.45, 2.75) is 19.9 Å². The van der Waals surface area contributed by atoms with Crippen LogP contribution in [0.1, 0.15) is 19.4 Å². The number of amides is 1. The van der Waals surface area contributed by atoms with Crippen LogP contribution in [0.5, 0.6) is 0 Å². The molecule has 0 fully saturated rings. The molecule has 1 rings (SSSR count). The molecule has 6 heteroatoms. The van der Waals surface area contributed by atoms with Crippen molar-refractivity contribution in [3.63, 3.8) is 0 Å². The summed E-state index contributed by atoms with van der Waals surface area (Å²) < 4.78 is 0.871. The molecule has 0 aliphatic carbocycles. The van der Waals surface area contributed by atoms with Gasteiger partial charge in [0.05, 0.1) is 0 Å². The standard InChI is InChI=1S/C12H16BrN3OS/c1-6(2)10(11(14)17)16-9-4-3-7(13)5-8(9)12(15)18/h3-6,10,16H,1-2H3,(H2,14,17)(H2,15,18). The van der Waals surface area contributed by atoms with Gasteiger partial charge in [0.1, 0.15) is 11.0 Å². The summed E-state index contributed by atoms with van der Waals surface area (Å²) in [7, 11) is 0. The number of halogens is 1. The molecule has 0 aliphatic heterocycles. The van der Waals surface area contributed by atoms with Crippen molar-refractivity contribution in [1.82, 2.24) is 0 Å². The number of anilines is 1. The lowest BCUT2D eigenvalue weighted by Crippen LogP contribution is -2.40. The first kappa shape index (κ1) is 14.9. The largest absolute Gasteiger partial charge is 0.389 e. The van der Waals surface area contributed by atoms with Crippen LogP contribution in [-0.4, -0.2) is 16.9 Å². The van der Waals surface area contributed by atoms with Crippen molar-refractivity contribution in [1.29, 1.82) is 0 Å². The van der Waals surface area contributed by atoms with E-state index in [1.54, 1.807) is 0 Å². The predicted octanol–water partition coefficient (Wildman–Crippen LogP) is 2.01. The van der Waals surface area contributed by atoms with E-state index in [9.17, 15) is 4.79 Å². The van der Waals surface area contributed by atoms with Crippen molar-refractivity contribution in [3.8, 4) is 0 Å². The van der Waals surface area contributed by atoms with Gasteiger partial charge in [0, 0.05) is 15.7 Å². The highest BCUT2D eigenvalue weighted by Gasteiger charge is 2.20. The van der Waals surface area contributed by atoms with Gasteiger partial charge in [0.2, 0.25) is 5.91 Å². The van der Waals surface area contributed by atoms with Crippen molar-refractivity contribution in [2.24, 2.45) is 17.4 Å². The molecule has 0 aromatic heterocycles. The van der Waals surface area contributed by atoms with Gasteiger partial charge >= 0.3 is 0 Å². The van der Waals surface area contributed by atoms with Crippen LogP contribution >= 0.6 is 28.1 Å². The topological polar surface area (TPSA) is 81.1 Å². The van der Waals surface area contributed by atoms with Gasteiger partial charge in [0.25, 0.3) is 0 Å². The van der Waals surface area contributed by atoms with Gasteiger partial charge in [-0.3, -0.25) is 4.79 Å². The Hall–Kier alpha value is -1.14. The van der Waals surface area contributed by atoms with Crippen molar-refractivity contribution in [3.05, 3.63) is 28.2 Å². The fourth-order valence-corrected chi connectivity index (χ4v) is 2.11. The third-order valence-electron chi connectivity index (χ3n) is 2.53. The lowest BCUT2D eigenvalue weighted by Gasteiger charge is -2.22. The van der Waals surface area contributed by atoms with E-state index >= 15 is 0 Å². The molecule has 0 radical (unpaired) electrons. The second-order valence-electron chi connectivity index (χ2n) is 4.32. The van der Waals surface area contributed by atoms with Crippen LogP contribution in [0.25, 0.3) is 0 Å². The molecule has 5 N–H and O–H groups in total. The second-order valence-corrected chi connectivity index (χ2v) is 5.68. The normalized spacial score (nSPS) is 12.2. The van der Waals surface area contributed by atoms with Crippen molar-refractivity contribution in [2.75, 3.05) is 5.32 Å². The maximum absolute atomic E-state index is 11.4. The Balaban J connectivity index is 3.10. The Morgan fingerprint density at radius 1 is 1.39 bits per heavy atom. The first-order chi connectivity index (χ1) is 8.32. The smallest absolute Gasteiger partial charge is 0.240 e. The molecule has 0 saturated heterocycles. The number of primary amides is 1. The van der Waals surface area contributed by atoms with E-state index in [1.807, 2.05) is 32.0 Å². The van der Waals surface area contributed by atoms with Crippen LogP contribution < -0.4 is 16.8 Å². The molecule has 98 valence electrons. The molecule has 0 bridgehead atoms. The molecule has 0 aliphatic rings. The van der Waals surface area contributed by atoms with Gasteiger partial charge in [-0.1, -0.05) is 42.0 Å². The third-order valence-corrected chi connectivity index (χ3v) is 3.24. The van der Waals surface area contributed by atoms with Gasteiger partial charge < -0.3 is 16.8 Å². The van der Waals surface area contributed by atoms with Crippen molar-refractivity contribution >= 4 is 44.7 Å². The van der Waals surface area contributed by atoms with Gasteiger partial charge in [-0.25, -0.2) is 0 Å². The van der Waals surface area contributed by atoms with E-state index in [4.69, 9.17) is 23.7 Å². The number of thiocarbonyl (C=S) groups is 1. The van der Waals surface area contributed by atoms with E-state index < -0.39 is 11.9 Å². The van der Waals surface area contributed by atoms with Crippen LogP contribution in [0.15, 0.2) is 22.7 Å². The van der Waals surface area contributed by atoms with Gasteiger partial charge in [0.15, 0.2) is 0 Å². The zero-order chi connectivity index (χ0) is 13.9. The fraction of sp³-hybridized carbons (Fsp3) is 0.333. The Kier molecular flexibility index (Phi) is 5.10. The first-order valence-corrected chi connectivity index (χ1v) is 6.68. The summed E-state index contributed by atoms with van der Waals surface area (Å²) in [4.78, 5) is 11.6. The molecular weight excluding hydrogens is 314 g/mol. The summed E-state index contributed by atoms with van der Waals surface area (Å²) in [6.45, 7) is 3.84. The van der Waals surface area contributed by atoms with Crippen LogP contribution in [0.3, 0.4) is 0 Å². The molecule has 1 atom stereocenters. The molecule has 1 unspecified atom stereocenters. The molecule has 0 heterocycles. The number of hydrogen-bond donors (Lipinski definition) is 3. The number of nitrogens with one attached hydrogen (secondary N) is 1. The van der Waals surface area contributed by atoms with Crippen LogP contribution in [0.2, 0.25) is 0 Å². The molecule has 0 saturated carbocycles. The highest BCUT2D eigenvalue weighted by molar-refractivity contribution is 9.10. The van der Waals surface area contributed by atoms with Crippen LogP contribution in [0, 0.1) is 5.92 Å². The van der Waals surface area contributed by atoms with Gasteiger partial charge in [-0.05, 0) is 24.1 Å². The highest BCUT2D eigenvalue weighted by atomic mass is 79.9. The Labute approximate surface area is 120 Å². The maximum atomic E-state index is 11.4. The minimum Gasteiger partial charge on any atom is -0.389 e. The van der Waals surface area contributed by atoms with Gasteiger partial charge in [-0.2, -0.15) is 0 Å². The summed E-state index contributed by atoms with van der Waals surface area (Å²) in [6, 6.07) is 5.02. The highest BCUT2D eigenvalue weighted by Crippen LogP contribution is 2.23. The minimum atomic E-state index is -0.459. The van der Waals surface area contributed by atoms with E-state index in [2.05, 4.69) is 21.2 Å². The van der Waals surface area contributed by atoms with E-state index in [0.29, 0.717) is 11.3 Å². The molecular formula is C12H16BrN3OS. The maximum Gasteiger partial charge on any atom is 0.240 e. The summed E-state index contributed by atoms with van der Waals surface area (Å²) in [6.07, 6.45) is 0. The Morgan fingerprint density at radius 3 is 2.44 bits per heavy atom. The van der Waals surface area contributed by atoms with E-state index in [1.165, 1.54) is 0 Å². The zero-order valence-corrected chi connectivity index (χ0v) is 12.6. The summed E-state index contributed by atoms with van der Waals surface area (Å²) >= 11 is 8.35. The van der Waals surface area contributed by atoms with E-state index in [-0.39, 0.29) is 10.9 Å². The second kappa shape index (κ2) is 6.15. The molecule has 1 aromatic rings. The first-order valence-electron chi connectivity index (χ1n) is 5.48. The lowest BCUT2D eigenvalue weighted by atomic mass is 10.0. The SMILES string of the molecule is CC(C)C(Nc1ccc(Br)cc1C(N)=S)C(N)=O. The number of benzene rings is 1. The molecule has 18 heavy (non-hydrogen) atoms. The minimum absolute atomic E-state index is 0.0744. The molecule has 0 spiro atoms. The molecule has 1 aromatic carbocycles.